The fraction of sp³-hybridized carbons (Fsp3) is 0.429. The molecule has 146 valence electrons. The molecule has 4 rings (SSSR count). The average molecular weight is 396 g/mol. The number of aromatic nitrogens is 4. The van der Waals surface area contributed by atoms with Gasteiger partial charge in [0.25, 0.3) is 5.91 Å². The molecule has 1 fully saturated rings. The van der Waals surface area contributed by atoms with Crippen LogP contribution in [0, 0.1) is 0 Å². The third-order valence-corrected chi connectivity index (χ3v) is 6.02. The minimum atomic E-state index is 0.0458. The number of hydrogen-bond acceptors (Lipinski definition) is 5. The van der Waals surface area contributed by atoms with Crippen molar-refractivity contribution in [3.8, 4) is 0 Å². The summed E-state index contributed by atoms with van der Waals surface area (Å²) >= 11 is 1.45. The van der Waals surface area contributed by atoms with Gasteiger partial charge >= 0.3 is 0 Å². The molecule has 4 heterocycles. The van der Waals surface area contributed by atoms with E-state index in [1.54, 1.807) is 0 Å². The number of likely N-dealkylation sites (tertiary alicyclic amines) is 1. The lowest BCUT2D eigenvalue weighted by molar-refractivity contribution is 0.0702. The third kappa shape index (κ3) is 3.99. The second-order valence-electron chi connectivity index (χ2n) is 7.56. The van der Waals surface area contributed by atoms with Crippen LogP contribution in [-0.2, 0) is 6.54 Å². The molecule has 3 aromatic rings. The van der Waals surface area contributed by atoms with Crippen LogP contribution >= 0.6 is 11.3 Å². The number of pyridine rings is 1. The van der Waals surface area contributed by atoms with Crippen LogP contribution in [0.4, 0.5) is 0 Å². The largest absolute Gasteiger partial charge is 0.336 e. The molecule has 1 aliphatic heterocycles. The highest BCUT2D eigenvalue weighted by Crippen LogP contribution is 2.28. The molecule has 0 N–H and O–H groups in total. The molecule has 1 amide bonds. The smallest absolute Gasteiger partial charge is 0.282 e. The van der Waals surface area contributed by atoms with Gasteiger partial charge in [0.2, 0.25) is 0 Å². The minimum Gasteiger partial charge on any atom is -0.336 e. The van der Waals surface area contributed by atoms with Crippen LogP contribution in [0.2, 0.25) is 0 Å². The number of carbonyl (C=O) groups excluding carboxylic acids is 1. The summed E-state index contributed by atoms with van der Waals surface area (Å²) < 4.78 is 2.15. The lowest BCUT2D eigenvalue weighted by Crippen LogP contribution is -2.39. The molecule has 1 aliphatic rings. The van der Waals surface area contributed by atoms with Gasteiger partial charge in [0.15, 0.2) is 5.01 Å². The van der Waals surface area contributed by atoms with E-state index in [4.69, 9.17) is 0 Å². The van der Waals surface area contributed by atoms with E-state index in [1.807, 2.05) is 47.1 Å². The van der Waals surface area contributed by atoms with Gasteiger partial charge in [-0.3, -0.25) is 9.78 Å². The fourth-order valence-electron chi connectivity index (χ4n) is 3.64. The Hall–Kier alpha value is -2.54. The van der Waals surface area contributed by atoms with E-state index >= 15 is 0 Å². The summed E-state index contributed by atoms with van der Waals surface area (Å²) in [4.78, 5) is 28.5. The predicted octanol–water partition coefficient (Wildman–Crippen LogP) is 3.93. The van der Waals surface area contributed by atoms with Crippen LogP contribution < -0.4 is 0 Å². The summed E-state index contributed by atoms with van der Waals surface area (Å²) in [6, 6.07) is 5.95. The Morgan fingerprint density at radius 1 is 1.29 bits per heavy atom. The molecule has 0 bridgehead atoms. The van der Waals surface area contributed by atoms with E-state index in [2.05, 4.69) is 33.4 Å². The minimum absolute atomic E-state index is 0.0458. The monoisotopic (exact) mass is 395 g/mol. The van der Waals surface area contributed by atoms with Crippen LogP contribution in [0.5, 0.6) is 0 Å². The number of amides is 1. The average Bonchev–Trinajstić information content (AvgIpc) is 3.38. The van der Waals surface area contributed by atoms with E-state index in [0.29, 0.717) is 24.0 Å². The molecule has 1 saturated heterocycles. The van der Waals surface area contributed by atoms with Crippen molar-refractivity contribution in [2.45, 2.75) is 45.1 Å². The summed E-state index contributed by atoms with van der Waals surface area (Å²) in [6.45, 7) is 6.37. The normalized spacial score (nSPS) is 17.2. The van der Waals surface area contributed by atoms with Crippen LogP contribution in [0.25, 0.3) is 0 Å². The molecule has 6 nitrogen and oxygen atoms in total. The van der Waals surface area contributed by atoms with E-state index in [9.17, 15) is 4.79 Å². The first-order chi connectivity index (χ1) is 13.6. The van der Waals surface area contributed by atoms with Gasteiger partial charge < -0.3 is 9.47 Å². The number of hydrogen-bond donors (Lipinski definition) is 0. The molecule has 0 saturated carbocycles. The summed E-state index contributed by atoms with van der Waals surface area (Å²) in [7, 11) is 0. The second-order valence-corrected chi connectivity index (χ2v) is 8.42. The SMILES string of the molecule is CC(C)c1csc(C(=O)N2CCC[C@@H](c3nccn3Cc3ccccn3)C2)n1. The standard InChI is InChI=1S/C21H25N5OS/c1-15(2)18-14-28-20(24-18)21(27)26-10-5-6-16(12-26)19-23-9-11-25(19)13-17-7-3-4-8-22-17/h3-4,7-9,11,14-16H,5-6,10,12-13H2,1-2H3/t16-/m1/s1. The molecule has 1 atom stereocenters. The van der Waals surface area contributed by atoms with Crippen molar-refractivity contribution < 1.29 is 4.79 Å². The van der Waals surface area contributed by atoms with Crippen molar-refractivity contribution >= 4 is 17.2 Å². The lowest BCUT2D eigenvalue weighted by atomic mass is 9.97. The number of imidazole rings is 1. The Bertz CT molecular complexity index is 933. The highest BCUT2D eigenvalue weighted by Gasteiger charge is 2.29. The Morgan fingerprint density at radius 2 is 2.18 bits per heavy atom. The zero-order valence-corrected chi connectivity index (χ0v) is 17.1. The summed E-state index contributed by atoms with van der Waals surface area (Å²) in [5, 5.41) is 2.60. The first-order valence-electron chi connectivity index (χ1n) is 9.77. The third-order valence-electron chi connectivity index (χ3n) is 5.18. The van der Waals surface area contributed by atoms with Gasteiger partial charge in [0.1, 0.15) is 5.82 Å². The number of nitrogens with zero attached hydrogens (tertiary/aromatic N) is 5. The van der Waals surface area contributed by atoms with Gasteiger partial charge in [-0.1, -0.05) is 19.9 Å². The number of thiazole rings is 1. The van der Waals surface area contributed by atoms with Crippen molar-refractivity contribution in [1.82, 2.24) is 24.4 Å². The van der Waals surface area contributed by atoms with Crippen LogP contribution in [0.15, 0.2) is 42.2 Å². The first-order valence-corrected chi connectivity index (χ1v) is 10.7. The molecule has 0 aromatic carbocycles. The molecule has 0 radical (unpaired) electrons. The maximum absolute atomic E-state index is 13.0. The summed E-state index contributed by atoms with van der Waals surface area (Å²) in [5.41, 5.74) is 2.00. The maximum Gasteiger partial charge on any atom is 0.282 e. The van der Waals surface area contributed by atoms with Gasteiger partial charge in [-0.25, -0.2) is 9.97 Å². The van der Waals surface area contributed by atoms with Gasteiger partial charge in [-0.15, -0.1) is 11.3 Å². The van der Waals surface area contributed by atoms with Crippen molar-refractivity contribution in [3.63, 3.8) is 0 Å². The van der Waals surface area contributed by atoms with Crippen molar-refractivity contribution in [3.05, 3.63) is 64.4 Å². The van der Waals surface area contributed by atoms with Crippen molar-refractivity contribution in [2.75, 3.05) is 13.1 Å². The summed E-state index contributed by atoms with van der Waals surface area (Å²) in [5.74, 6) is 1.65. The van der Waals surface area contributed by atoms with E-state index in [0.717, 1.165) is 36.6 Å². The molecular formula is C21H25N5OS. The molecule has 7 heteroatoms. The van der Waals surface area contributed by atoms with Gasteiger partial charge in [0.05, 0.1) is 17.9 Å². The fourth-order valence-corrected chi connectivity index (χ4v) is 4.58. The molecule has 28 heavy (non-hydrogen) atoms. The number of piperidine rings is 1. The van der Waals surface area contributed by atoms with Gasteiger partial charge in [-0.2, -0.15) is 0 Å². The van der Waals surface area contributed by atoms with Crippen LogP contribution in [-0.4, -0.2) is 43.4 Å². The van der Waals surface area contributed by atoms with E-state index in [-0.39, 0.29) is 11.8 Å². The highest BCUT2D eigenvalue weighted by atomic mass is 32.1. The topological polar surface area (TPSA) is 63.9 Å². The molecule has 3 aromatic heterocycles. The molecule has 0 aliphatic carbocycles. The predicted molar refractivity (Wildman–Crippen MR) is 110 cm³/mol. The van der Waals surface area contributed by atoms with Crippen LogP contribution in [0.3, 0.4) is 0 Å². The van der Waals surface area contributed by atoms with E-state index in [1.165, 1.54) is 11.3 Å². The summed E-state index contributed by atoms with van der Waals surface area (Å²) in [6.07, 6.45) is 7.68. The zero-order valence-electron chi connectivity index (χ0n) is 16.3. The highest BCUT2D eigenvalue weighted by molar-refractivity contribution is 7.11. The molecule has 0 unspecified atom stereocenters. The van der Waals surface area contributed by atoms with Crippen molar-refractivity contribution in [2.24, 2.45) is 0 Å². The second kappa shape index (κ2) is 8.22. The Kier molecular flexibility index (Phi) is 5.52. The van der Waals surface area contributed by atoms with Crippen LogP contribution in [0.1, 0.15) is 65.5 Å². The van der Waals surface area contributed by atoms with Crippen molar-refractivity contribution in [1.29, 1.82) is 0 Å². The first kappa shape index (κ1) is 18.8. The zero-order chi connectivity index (χ0) is 19.5. The Labute approximate surface area is 169 Å². The Morgan fingerprint density at radius 3 is 2.93 bits per heavy atom. The maximum atomic E-state index is 13.0. The molecule has 0 spiro atoms. The number of carbonyl (C=O) groups is 1. The van der Waals surface area contributed by atoms with E-state index < -0.39 is 0 Å². The van der Waals surface area contributed by atoms with Gasteiger partial charge in [-0.05, 0) is 30.9 Å². The Balaban J connectivity index is 1.48. The lowest BCUT2D eigenvalue weighted by Gasteiger charge is -2.32. The molecular weight excluding hydrogens is 370 g/mol. The quantitative estimate of drug-likeness (QED) is 0.657. The number of rotatable bonds is 5. The van der Waals surface area contributed by atoms with Gasteiger partial charge in [0, 0.05) is 43.0 Å².